The third-order valence-corrected chi connectivity index (χ3v) is 3.92. The fraction of sp³-hybridized carbons (Fsp3) is 0.167. The van der Waals surface area contributed by atoms with Crippen molar-refractivity contribution in [3.63, 3.8) is 0 Å². The predicted octanol–water partition coefficient (Wildman–Crippen LogP) is 2.17. The molecule has 0 aliphatic heterocycles. The molecule has 1 aromatic heterocycles. The van der Waals surface area contributed by atoms with Crippen LogP contribution in [0.3, 0.4) is 0 Å². The van der Waals surface area contributed by atoms with Gasteiger partial charge in [0.1, 0.15) is 12.7 Å². The molecule has 0 unspecified atom stereocenters. The van der Waals surface area contributed by atoms with Gasteiger partial charge in [0, 0.05) is 18.2 Å². The minimum Gasteiger partial charge on any atom is -0.490 e. The van der Waals surface area contributed by atoms with Gasteiger partial charge in [-0.15, -0.1) is 0 Å². The molecular formula is C18H17N5O4. The normalized spacial score (nSPS) is 10.4. The Morgan fingerprint density at radius 2 is 1.96 bits per heavy atom. The van der Waals surface area contributed by atoms with Gasteiger partial charge in [0.15, 0.2) is 5.75 Å². The van der Waals surface area contributed by atoms with Crippen LogP contribution in [-0.4, -0.2) is 32.7 Å². The van der Waals surface area contributed by atoms with Crippen LogP contribution < -0.4 is 10.1 Å². The number of nitro benzene ring substituents is 1. The van der Waals surface area contributed by atoms with E-state index in [0.717, 1.165) is 11.1 Å². The highest BCUT2D eigenvalue weighted by molar-refractivity contribution is 5.95. The highest BCUT2D eigenvalue weighted by atomic mass is 16.6. The van der Waals surface area contributed by atoms with E-state index in [4.69, 9.17) is 4.74 Å². The Morgan fingerprint density at radius 1 is 1.22 bits per heavy atom. The zero-order valence-electron chi connectivity index (χ0n) is 14.5. The highest BCUT2D eigenvalue weighted by Crippen LogP contribution is 2.27. The fourth-order valence-corrected chi connectivity index (χ4v) is 2.52. The van der Waals surface area contributed by atoms with Gasteiger partial charge in [-0.25, -0.2) is 9.67 Å². The van der Waals surface area contributed by atoms with Gasteiger partial charge in [0.05, 0.1) is 18.6 Å². The van der Waals surface area contributed by atoms with E-state index in [1.807, 2.05) is 24.3 Å². The molecule has 2 aromatic carbocycles. The molecule has 27 heavy (non-hydrogen) atoms. The van der Waals surface area contributed by atoms with E-state index < -0.39 is 10.8 Å². The largest absolute Gasteiger partial charge is 0.490 e. The van der Waals surface area contributed by atoms with Gasteiger partial charge in [-0.05, 0) is 23.3 Å². The van der Waals surface area contributed by atoms with Crippen LogP contribution in [0, 0.1) is 10.1 Å². The summed E-state index contributed by atoms with van der Waals surface area (Å²) in [6.45, 7) is 0.921. The second-order valence-electron chi connectivity index (χ2n) is 5.74. The van der Waals surface area contributed by atoms with Crippen molar-refractivity contribution >= 4 is 11.6 Å². The van der Waals surface area contributed by atoms with Gasteiger partial charge in [-0.3, -0.25) is 14.9 Å². The molecule has 0 saturated carbocycles. The molecule has 0 radical (unpaired) electrons. The van der Waals surface area contributed by atoms with Gasteiger partial charge < -0.3 is 10.1 Å². The number of methoxy groups -OCH3 is 1. The molecule has 1 N–H and O–H groups in total. The molecule has 9 heteroatoms. The first-order valence-corrected chi connectivity index (χ1v) is 8.07. The van der Waals surface area contributed by atoms with Crippen molar-refractivity contribution < 1.29 is 14.5 Å². The summed E-state index contributed by atoms with van der Waals surface area (Å²) in [5.74, 6) is -0.285. The maximum atomic E-state index is 12.3. The lowest BCUT2D eigenvalue weighted by Gasteiger charge is -2.08. The van der Waals surface area contributed by atoms with Crippen molar-refractivity contribution in [3.8, 4) is 5.75 Å². The average Bonchev–Trinajstić information content (AvgIpc) is 3.19. The Labute approximate surface area is 154 Å². The van der Waals surface area contributed by atoms with Crippen LogP contribution in [0.4, 0.5) is 5.69 Å². The topological polar surface area (TPSA) is 112 Å². The number of nitrogens with one attached hydrogen (secondary N) is 1. The molecule has 0 bridgehead atoms. The Kier molecular flexibility index (Phi) is 5.41. The first-order chi connectivity index (χ1) is 13.1. The fourth-order valence-electron chi connectivity index (χ4n) is 2.52. The summed E-state index contributed by atoms with van der Waals surface area (Å²) in [5, 5.41) is 17.9. The average molecular weight is 367 g/mol. The summed E-state index contributed by atoms with van der Waals surface area (Å²) in [7, 11) is 1.34. The Morgan fingerprint density at radius 3 is 2.59 bits per heavy atom. The lowest BCUT2D eigenvalue weighted by Crippen LogP contribution is -2.22. The highest BCUT2D eigenvalue weighted by Gasteiger charge is 2.18. The van der Waals surface area contributed by atoms with Crippen molar-refractivity contribution in [1.29, 1.82) is 0 Å². The summed E-state index contributed by atoms with van der Waals surface area (Å²) >= 11 is 0. The summed E-state index contributed by atoms with van der Waals surface area (Å²) in [6, 6.07) is 11.8. The second kappa shape index (κ2) is 8.09. The first-order valence-electron chi connectivity index (χ1n) is 8.07. The number of benzene rings is 2. The number of nitro groups is 1. The summed E-state index contributed by atoms with van der Waals surface area (Å²) in [4.78, 5) is 26.7. The lowest BCUT2D eigenvalue weighted by molar-refractivity contribution is -0.385. The Hall–Kier alpha value is -3.75. The second-order valence-corrected chi connectivity index (χ2v) is 5.74. The number of carbonyl (C=O) groups excluding carboxylic acids is 1. The molecule has 1 heterocycles. The minimum absolute atomic E-state index is 0.111. The van der Waals surface area contributed by atoms with Crippen molar-refractivity contribution in [1.82, 2.24) is 20.1 Å². The van der Waals surface area contributed by atoms with Crippen molar-refractivity contribution in [2.24, 2.45) is 0 Å². The molecule has 0 saturated heterocycles. The smallest absolute Gasteiger partial charge is 0.311 e. The number of aromatic nitrogens is 3. The van der Waals surface area contributed by atoms with Crippen LogP contribution in [0.5, 0.6) is 5.75 Å². The van der Waals surface area contributed by atoms with Gasteiger partial charge in [-0.1, -0.05) is 24.3 Å². The van der Waals surface area contributed by atoms with Crippen LogP contribution in [0.25, 0.3) is 0 Å². The zero-order chi connectivity index (χ0) is 19.2. The molecular weight excluding hydrogens is 350 g/mol. The Balaban J connectivity index is 1.62. The van der Waals surface area contributed by atoms with Gasteiger partial charge >= 0.3 is 5.69 Å². The number of nitrogens with zero attached hydrogens (tertiary/aromatic N) is 4. The summed E-state index contributed by atoms with van der Waals surface area (Å²) in [6.07, 6.45) is 3.12. The van der Waals surface area contributed by atoms with E-state index >= 15 is 0 Å². The van der Waals surface area contributed by atoms with Gasteiger partial charge in [-0.2, -0.15) is 5.10 Å². The van der Waals surface area contributed by atoms with Crippen molar-refractivity contribution in [2.45, 2.75) is 13.1 Å². The standard InChI is InChI=1S/C18H17N5O4/c1-27-17-7-6-15(8-16(17)23(25)26)18(24)20-9-13-2-4-14(5-3-13)10-22-12-19-11-21-22/h2-8,11-12H,9-10H2,1H3,(H,20,24). The quantitative estimate of drug-likeness (QED) is 0.506. The van der Waals surface area contributed by atoms with Crippen molar-refractivity contribution in [2.75, 3.05) is 7.11 Å². The van der Waals surface area contributed by atoms with E-state index in [1.54, 1.807) is 11.0 Å². The zero-order valence-corrected chi connectivity index (χ0v) is 14.5. The number of carbonyl (C=O) groups is 1. The van der Waals surface area contributed by atoms with Crippen LogP contribution in [0.2, 0.25) is 0 Å². The van der Waals surface area contributed by atoms with Crippen LogP contribution in [0.1, 0.15) is 21.5 Å². The van der Waals surface area contributed by atoms with Crippen LogP contribution in [0.15, 0.2) is 55.1 Å². The number of amides is 1. The van der Waals surface area contributed by atoms with Gasteiger partial charge in [0.2, 0.25) is 0 Å². The minimum atomic E-state index is -0.580. The maximum Gasteiger partial charge on any atom is 0.311 e. The Bertz CT molecular complexity index is 939. The van der Waals surface area contributed by atoms with E-state index in [-0.39, 0.29) is 17.0 Å². The van der Waals surface area contributed by atoms with Gasteiger partial charge in [0.25, 0.3) is 5.91 Å². The molecule has 0 aliphatic carbocycles. The molecule has 0 fully saturated rings. The number of ether oxygens (including phenoxy) is 1. The van der Waals surface area contributed by atoms with E-state index in [2.05, 4.69) is 15.4 Å². The maximum absolute atomic E-state index is 12.3. The lowest BCUT2D eigenvalue weighted by atomic mass is 10.1. The monoisotopic (exact) mass is 367 g/mol. The molecule has 0 atom stereocenters. The van der Waals surface area contributed by atoms with Crippen molar-refractivity contribution in [3.05, 3.63) is 81.9 Å². The number of hydrogen-bond acceptors (Lipinski definition) is 6. The molecule has 3 aromatic rings. The molecule has 9 nitrogen and oxygen atoms in total. The molecule has 1 amide bonds. The number of rotatable bonds is 7. The van der Waals surface area contributed by atoms with Crippen LogP contribution >= 0.6 is 0 Å². The van der Waals surface area contributed by atoms with E-state index in [9.17, 15) is 14.9 Å². The SMILES string of the molecule is COc1ccc(C(=O)NCc2ccc(Cn3cncn3)cc2)cc1[N+](=O)[O-]. The molecule has 138 valence electrons. The third kappa shape index (κ3) is 4.46. The third-order valence-electron chi connectivity index (χ3n) is 3.92. The predicted molar refractivity (Wildman–Crippen MR) is 96.4 cm³/mol. The first kappa shape index (κ1) is 18.1. The van der Waals surface area contributed by atoms with E-state index in [1.165, 1.54) is 31.6 Å². The molecule has 0 spiro atoms. The molecule has 3 rings (SSSR count). The number of hydrogen-bond donors (Lipinski definition) is 1. The van der Waals surface area contributed by atoms with E-state index in [0.29, 0.717) is 13.1 Å². The van der Waals surface area contributed by atoms with Crippen LogP contribution in [-0.2, 0) is 13.1 Å². The molecule has 0 aliphatic rings. The summed E-state index contributed by atoms with van der Waals surface area (Å²) in [5.41, 5.74) is 1.92. The summed E-state index contributed by atoms with van der Waals surface area (Å²) < 4.78 is 6.65.